The van der Waals surface area contributed by atoms with Crippen LogP contribution in [0.1, 0.15) is 6.92 Å². The first kappa shape index (κ1) is 13.3. The van der Waals surface area contributed by atoms with Gasteiger partial charge in [0.05, 0.1) is 17.9 Å². The molecule has 1 aliphatic heterocycles. The van der Waals surface area contributed by atoms with Gasteiger partial charge in [-0.25, -0.2) is 4.98 Å². The predicted octanol–water partition coefficient (Wildman–Crippen LogP) is 4.06. The maximum Gasteiger partial charge on any atom is 0.142 e. The average Bonchev–Trinajstić information content (AvgIpc) is 3.05. The lowest BCUT2D eigenvalue weighted by molar-refractivity contribution is 0.226. The summed E-state index contributed by atoms with van der Waals surface area (Å²) in [5.41, 5.74) is 4.14. The molecular formula is C17H15N3OS. The molecular weight excluding hydrogens is 294 g/mol. The lowest BCUT2D eigenvalue weighted by Gasteiger charge is -2.25. The Labute approximate surface area is 132 Å². The molecule has 22 heavy (non-hydrogen) atoms. The smallest absolute Gasteiger partial charge is 0.142 e. The van der Waals surface area contributed by atoms with Crippen LogP contribution in [0.15, 0.2) is 48.1 Å². The normalized spacial score (nSPS) is 16.5. The van der Waals surface area contributed by atoms with Gasteiger partial charge in [0.25, 0.3) is 0 Å². The second-order valence-corrected chi connectivity index (χ2v) is 6.16. The van der Waals surface area contributed by atoms with Gasteiger partial charge in [-0.1, -0.05) is 0 Å². The zero-order valence-corrected chi connectivity index (χ0v) is 12.9. The highest BCUT2D eigenvalue weighted by Gasteiger charge is 2.16. The number of nitrogens with one attached hydrogen (secondary N) is 1. The lowest BCUT2D eigenvalue weighted by atomic mass is 10.1. The molecule has 0 radical (unpaired) electrons. The van der Waals surface area contributed by atoms with Gasteiger partial charge < -0.3 is 10.1 Å². The summed E-state index contributed by atoms with van der Waals surface area (Å²) in [5.74, 6) is 0.909. The number of thiazole rings is 1. The van der Waals surface area contributed by atoms with Crippen LogP contribution in [0.2, 0.25) is 0 Å². The van der Waals surface area contributed by atoms with Crippen LogP contribution >= 0.6 is 11.3 Å². The van der Waals surface area contributed by atoms with E-state index in [9.17, 15) is 0 Å². The van der Waals surface area contributed by atoms with E-state index in [0.29, 0.717) is 0 Å². The van der Waals surface area contributed by atoms with E-state index in [1.807, 2.05) is 24.4 Å². The van der Waals surface area contributed by atoms with E-state index >= 15 is 0 Å². The van der Waals surface area contributed by atoms with Gasteiger partial charge in [-0.3, -0.25) is 4.98 Å². The third kappa shape index (κ3) is 2.44. The fourth-order valence-electron chi connectivity index (χ4n) is 2.47. The highest BCUT2D eigenvalue weighted by Crippen LogP contribution is 2.35. The molecule has 1 atom stereocenters. The zero-order chi connectivity index (χ0) is 14.9. The van der Waals surface area contributed by atoms with Gasteiger partial charge in [-0.15, -0.1) is 11.3 Å². The summed E-state index contributed by atoms with van der Waals surface area (Å²) in [6.07, 6.45) is 3.81. The molecule has 0 saturated carbocycles. The van der Waals surface area contributed by atoms with E-state index in [1.165, 1.54) is 0 Å². The number of aromatic nitrogens is 2. The molecule has 0 saturated heterocycles. The van der Waals surface area contributed by atoms with Crippen molar-refractivity contribution in [2.24, 2.45) is 0 Å². The van der Waals surface area contributed by atoms with Crippen molar-refractivity contribution in [3.8, 4) is 27.6 Å². The van der Waals surface area contributed by atoms with Gasteiger partial charge in [0.1, 0.15) is 16.9 Å². The number of nitrogens with zero attached hydrogens (tertiary/aromatic N) is 2. The maximum absolute atomic E-state index is 5.81. The zero-order valence-electron chi connectivity index (χ0n) is 12.1. The third-order valence-corrected chi connectivity index (χ3v) is 4.49. The van der Waals surface area contributed by atoms with Crippen molar-refractivity contribution in [1.29, 1.82) is 0 Å². The van der Waals surface area contributed by atoms with Crippen molar-refractivity contribution in [2.45, 2.75) is 13.0 Å². The fourth-order valence-corrected chi connectivity index (χ4v) is 3.30. The Kier molecular flexibility index (Phi) is 3.27. The monoisotopic (exact) mass is 309 g/mol. The summed E-state index contributed by atoms with van der Waals surface area (Å²) in [4.78, 5) is 8.87. The summed E-state index contributed by atoms with van der Waals surface area (Å²) in [7, 11) is 0. The summed E-state index contributed by atoms with van der Waals surface area (Å²) in [6.45, 7) is 2.89. The van der Waals surface area contributed by atoms with Crippen molar-refractivity contribution in [2.75, 3.05) is 11.9 Å². The Bertz CT molecular complexity index is 801. The highest BCUT2D eigenvalue weighted by atomic mass is 32.1. The number of hydrogen-bond donors (Lipinski definition) is 1. The molecule has 0 bridgehead atoms. The molecule has 0 aliphatic carbocycles. The van der Waals surface area contributed by atoms with Crippen LogP contribution in [0.5, 0.6) is 5.75 Å². The largest absolute Gasteiger partial charge is 0.487 e. The van der Waals surface area contributed by atoms with Gasteiger partial charge in [-0.05, 0) is 37.3 Å². The average molecular weight is 309 g/mol. The summed E-state index contributed by atoms with van der Waals surface area (Å²) >= 11 is 1.64. The van der Waals surface area contributed by atoms with E-state index in [2.05, 4.69) is 34.7 Å². The Balaban J connectivity index is 1.67. The topological polar surface area (TPSA) is 47.0 Å². The fraction of sp³-hybridized carbons (Fsp3) is 0.176. The number of rotatable bonds is 2. The SMILES string of the molecule is CC1CNc2cc(-c3nc(-c4cccnc4)cs3)ccc2O1. The predicted molar refractivity (Wildman–Crippen MR) is 89.4 cm³/mol. The summed E-state index contributed by atoms with van der Waals surface area (Å²) in [5, 5.41) is 6.47. The number of ether oxygens (including phenoxy) is 1. The number of anilines is 1. The minimum absolute atomic E-state index is 0.204. The molecule has 5 heteroatoms. The van der Waals surface area contributed by atoms with E-state index in [4.69, 9.17) is 9.72 Å². The molecule has 3 aromatic rings. The van der Waals surface area contributed by atoms with Crippen LogP contribution in [0.3, 0.4) is 0 Å². The Morgan fingerprint density at radius 3 is 3.09 bits per heavy atom. The van der Waals surface area contributed by atoms with E-state index in [-0.39, 0.29) is 6.10 Å². The lowest BCUT2D eigenvalue weighted by Crippen LogP contribution is -2.27. The standard InChI is InChI=1S/C17H15N3OS/c1-11-8-19-14-7-12(4-5-16(14)21-11)17-20-15(10-22-17)13-3-2-6-18-9-13/h2-7,9-11,19H,8H2,1H3. The molecule has 1 aliphatic rings. The number of fused-ring (bicyclic) bond motifs is 1. The van der Waals surface area contributed by atoms with Gasteiger partial charge in [0.2, 0.25) is 0 Å². The van der Waals surface area contributed by atoms with Crippen LogP contribution in [-0.4, -0.2) is 22.6 Å². The molecule has 4 nitrogen and oxygen atoms in total. The Morgan fingerprint density at radius 1 is 1.27 bits per heavy atom. The van der Waals surface area contributed by atoms with Crippen LogP contribution < -0.4 is 10.1 Å². The van der Waals surface area contributed by atoms with Gasteiger partial charge >= 0.3 is 0 Å². The first-order valence-electron chi connectivity index (χ1n) is 7.20. The molecule has 4 rings (SSSR count). The van der Waals surface area contributed by atoms with Crippen molar-refractivity contribution in [3.63, 3.8) is 0 Å². The molecule has 3 heterocycles. The number of benzene rings is 1. The molecule has 2 aromatic heterocycles. The molecule has 110 valence electrons. The second kappa shape index (κ2) is 5.42. The van der Waals surface area contributed by atoms with Crippen molar-refractivity contribution < 1.29 is 4.74 Å². The molecule has 1 N–H and O–H groups in total. The second-order valence-electron chi connectivity index (χ2n) is 5.30. The minimum atomic E-state index is 0.204. The van der Waals surface area contributed by atoms with Crippen molar-refractivity contribution in [3.05, 3.63) is 48.1 Å². The van der Waals surface area contributed by atoms with Crippen molar-refractivity contribution >= 4 is 17.0 Å². The maximum atomic E-state index is 5.81. The summed E-state index contributed by atoms with van der Waals surface area (Å²) in [6, 6.07) is 10.1. The van der Waals surface area contributed by atoms with E-state index in [1.54, 1.807) is 17.5 Å². The molecule has 1 aromatic carbocycles. The highest BCUT2D eigenvalue weighted by molar-refractivity contribution is 7.13. The van der Waals surface area contributed by atoms with Crippen LogP contribution in [-0.2, 0) is 0 Å². The first-order chi connectivity index (χ1) is 10.8. The van der Waals surface area contributed by atoms with Crippen molar-refractivity contribution in [1.82, 2.24) is 9.97 Å². The first-order valence-corrected chi connectivity index (χ1v) is 8.08. The number of hydrogen-bond acceptors (Lipinski definition) is 5. The molecule has 1 unspecified atom stereocenters. The minimum Gasteiger partial charge on any atom is -0.487 e. The van der Waals surface area contributed by atoms with Crippen LogP contribution in [0, 0.1) is 0 Å². The Morgan fingerprint density at radius 2 is 2.23 bits per heavy atom. The van der Waals surface area contributed by atoms with E-state index in [0.717, 1.165) is 39.8 Å². The van der Waals surface area contributed by atoms with Gasteiger partial charge in [0.15, 0.2) is 0 Å². The summed E-state index contributed by atoms with van der Waals surface area (Å²) < 4.78 is 5.81. The number of pyridine rings is 1. The van der Waals surface area contributed by atoms with E-state index < -0.39 is 0 Å². The molecule has 0 amide bonds. The third-order valence-electron chi connectivity index (χ3n) is 3.60. The van der Waals surface area contributed by atoms with Gasteiger partial charge in [-0.2, -0.15) is 0 Å². The van der Waals surface area contributed by atoms with Crippen LogP contribution in [0.25, 0.3) is 21.8 Å². The Hall–Kier alpha value is -2.40. The molecule has 0 spiro atoms. The van der Waals surface area contributed by atoms with Crippen LogP contribution in [0.4, 0.5) is 5.69 Å². The molecule has 0 fully saturated rings. The van der Waals surface area contributed by atoms with Gasteiger partial charge in [0, 0.05) is 28.9 Å². The quantitative estimate of drug-likeness (QED) is 0.775.